The van der Waals surface area contributed by atoms with Crippen LogP contribution in [0.4, 0.5) is 0 Å². The smallest absolute Gasteiger partial charge is 0.132 e. The molecule has 0 saturated carbocycles. The van der Waals surface area contributed by atoms with Gasteiger partial charge in [-0.05, 0) is 40.5 Å². The van der Waals surface area contributed by atoms with Crippen molar-refractivity contribution in [1.82, 2.24) is 9.97 Å². The van der Waals surface area contributed by atoms with E-state index in [2.05, 4.69) is 39.7 Å². The number of nitrogens with zero attached hydrogens (tertiary/aromatic N) is 2. The quantitative estimate of drug-likeness (QED) is 0.727. The molecular formula is C14H14BrClN2. The van der Waals surface area contributed by atoms with Crippen LogP contribution < -0.4 is 0 Å². The maximum Gasteiger partial charge on any atom is 0.132 e. The van der Waals surface area contributed by atoms with Crippen LogP contribution in [0.1, 0.15) is 31.2 Å². The molecule has 0 aliphatic heterocycles. The molecule has 0 aliphatic carbocycles. The molecule has 0 fully saturated rings. The van der Waals surface area contributed by atoms with Gasteiger partial charge in [-0.2, -0.15) is 0 Å². The number of halogens is 2. The third-order valence-corrected chi connectivity index (χ3v) is 3.51. The van der Waals surface area contributed by atoms with Crippen molar-refractivity contribution in [2.75, 3.05) is 0 Å². The van der Waals surface area contributed by atoms with Crippen molar-refractivity contribution < 1.29 is 0 Å². The maximum absolute atomic E-state index is 6.15. The second-order valence-corrected chi connectivity index (χ2v) is 5.77. The van der Waals surface area contributed by atoms with Gasteiger partial charge in [0.25, 0.3) is 0 Å². The predicted molar refractivity (Wildman–Crippen MR) is 79.0 cm³/mol. The number of hydrogen-bond donors (Lipinski definition) is 0. The molecule has 0 aliphatic rings. The molecule has 0 atom stereocenters. The Labute approximate surface area is 121 Å². The van der Waals surface area contributed by atoms with Crippen molar-refractivity contribution in [3.05, 3.63) is 45.3 Å². The van der Waals surface area contributed by atoms with Crippen LogP contribution in [0.3, 0.4) is 0 Å². The van der Waals surface area contributed by atoms with E-state index < -0.39 is 0 Å². The highest BCUT2D eigenvalue weighted by Crippen LogP contribution is 2.26. The van der Waals surface area contributed by atoms with Crippen LogP contribution >= 0.6 is 27.5 Å². The molecule has 2 aromatic rings. The summed E-state index contributed by atoms with van der Waals surface area (Å²) in [6.07, 6.45) is 0. The van der Waals surface area contributed by atoms with Crippen molar-refractivity contribution in [1.29, 1.82) is 0 Å². The zero-order valence-electron chi connectivity index (χ0n) is 10.5. The van der Waals surface area contributed by atoms with Gasteiger partial charge in [-0.15, -0.1) is 0 Å². The minimum atomic E-state index is 0.294. The molecule has 2 nitrogen and oxygen atoms in total. The fourth-order valence-corrected chi connectivity index (χ4v) is 2.17. The minimum Gasteiger partial charge on any atom is -0.233 e. The van der Waals surface area contributed by atoms with Gasteiger partial charge in [0.1, 0.15) is 10.4 Å². The van der Waals surface area contributed by atoms with Crippen molar-refractivity contribution in [3.63, 3.8) is 0 Å². The largest absolute Gasteiger partial charge is 0.233 e. The zero-order valence-corrected chi connectivity index (χ0v) is 12.9. The highest BCUT2D eigenvalue weighted by atomic mass is 79.9. The number of rotatable bonds is 2. The van der Waals surface area contributed by atoms with Crippen molar-refractivity contribution in [2.24, 2.45) is 0 Å². The van der Waals surface area contributed by atoms with E-state index in [4.69, 9.17) is 11.6 Å². The lowest BCUT2D eigenvalue weighted by molar-refractivity contribution is 0.771. The third kappa shape index (κ3) is 2.90. The monoisotopic (exact) mass is 324 g/mol. The Balaban J connectivity index is 2.53. The summed E-state index contributed by atoms with van der Waals surface area (Å²) in [7, 11) is 0. The molecule has 18 heavy (non-hydrogen) atoms. The number of aryl methyl sites for hydroxylation is 1. The summed E-state index contributed by atoms with van der Waals surface area (Å²) in [5.41, 5.74) is 2.97. The summed E-state index contributed by atoms with van der Waals surface area (Å²) in [5.74, 6) is 1.12. The van der Waals surface area contributed by atoms with E-state index in [0.717, 1.165) is 32.3 Å². The fraction of sp³-hybridized carbons (Fsp3) is 0.286. The van der Waals surface area contributed by atoms with Crippen LogP contribution in [-0.2, 0) is 0 Å². The summed E-state index contributed by atoms with van der Waals surface area (Å²) in [5, 5.41) is 0.758. The molecule has 4 heteroatoms. The highest BCUT2D eigenvalue weighted by Gasteiger charge is 2.09. The van der Waals surface area contributed by atoms with Crippen LogP contribution in [-0.4, -0.2) is 9.97 Å². The average molecular weight is 326 g/mol. The molecule has 0 saturated heterocycles. The van der Waals surface area contributed by atoms with Crippen molar-refractivity contribution in [3.8, 4) is 11.3 Å². The topological polar surface area (TPSA) is 25.8 Å². The second kappa shape index (κ2) is 5.37. The highest BCUT2D eigenvalue weighted by molar-refractivity contribution is 9.10. The fourth-order valence-electron chi connectivity index (χ4n) is 1.59. The second-order valence-electron chi connectivity index (χ2n) is 4.55. The van der Waals surface area contributed by atoms with Crippen LogP contribution in [0.2, 0.25) is 5.02 Å². The van der Waals surface area contributed by atoms with E-state index in [1.807, 2.05) is 31.2 Å². The number of benzene rings is 1. The first-order valence-electron chi connectivity index (χ1n) is 5.78. The lowest BCUT2D eigenvalue weighted by atomic mass is 10.1. The van der Waals surface area contributed by atoms with Gasteiger partial charge in [-0.3, -0.25) is 0 Å². The van der Waals surface area contributed by atoms with Gasteiger partial charge in [0.05, 0.1) is 5.69 Å². The molecule has 0 N–H and O–H groups in total. The normalized spacial score (nSPS) is 11.0. The number of hydrogen-bond acceptors (Lipinski definition) is 2. The molecule has 1 aromatic carbocycles. The van der Waals surface area contributed by atoms with E-state index in [-0.39, 0.29) is 0 Å². The van der Waals surface area contributed by atoms with Crippen LogP contribution in [0.15, 0.2) is 28.9 Å². The van der Waals surface area contributed by atoms with Crippen LogP contribution in [0, 0.1) is 6.92 Å². The lowest BCUT2D eigenvalue weighted by Crippen LogP contribution is -1.99. The van der Waals surface area contributed by atoms with E-state index in [1.54, 1.807) is 0 Å². The van der Waals surface area contributed by atoms with E-state index in [1.165, 1.54) is 0 Å². The first-order valence-corrected chi connectivity index (χ1v) is 6.95. The zero-order chi connectivity index (χ0) is 13.3. The predicted octanol–water partition coefficient (Wildman–Crippen LogP) is 4.99. The summed E-state index contributed by atoms with van der Waals surface area (Å²) in [4.78, 5) is 8.95. The summed E-state index contributed by atoms with van der Waals surface area (Å²) in [6, 6.07) is 7.88. The van der Waals surface area contributed by atoms with Gasteiger partial charge in [0.15, 0.2) is 0 Å². The Hall–Kier alpha value is -0.930. The van der Waals surface area contributed by atoms with Gasteiger partial charge in [0, 0.05) is 16.5 Å². The van der Waals surface area contributed by atoms with Gasteiger partial charge < -0.3 is 0 Å². The lowest BCUT2D eigenvalue weighted by Gasteiger charge is -2.08. The Morgan fingerprint density at radius 2 is 1.89 bits per heavy atom. The molecule has 2 rings (SSSR count). The molecule has 0 radical (unpaired) electrons. The Bertz CT molecular complexity index is 582. The van der Waals surface area contributed by atoms with Gasteiger partial charge >= 0.3 is 0 Å². The van der Waals surface area contributed by atoms with E-state index in [0.29, 0.717) is 5.92 Å². The third-order valence-electron chi connectivity index (χ3n) is 2.70. The standard InChI is InChI=1S/C14H14BrClN2/c1-8(2)14-17-12(7-13(15)18-14)10-5-4-9(3)11(16)6-10/h4-8H,1-3H3. The first kappa shape index (κ1) is 13.5. The van der Waals surface area contributed by atoms with Crippen molar-refractivity contribution >= 4 is 27.5 Å². The van der Waals surface area contributed by atoms with Crippen LogP contribution in [0.25, 0.3) is 11.3 Å². The van der Waals surface area contributed by atoms with Gasteiger partial charge in [-0.1, -0.05) is 37.6 Å². The summed E-state index contributed by atoms with van der Waals surface area (Å²) >= 11 is 9.58. The van der Waals surface area contributed by atoms with Crippen LogP contribution in [0.5, 0.6) is 0 Å². The minimum absolute atomic E-state index is 0.294. The molecule has 0 bridgehead atoms. The maximum atomic E-state index is 6.15. The van der Waals surface area contributed by atoms with Gasteiger partial charge in [-0.25, -0.2) is 9.97 Å². The number of aromatic nitrogens is 2. The SMILES string of the molecule is Cc1ccc(-c2cc(Br)nc(C(C)C)n2)cc1Cl. The molecule has 1 heterocycles. The first-order chi connectivity index (χ1) is 8.47. The molecular weight excluding hydrogens is 312 g/mol. The molecule has 0 spiro atoms. The molecule has 1 aromatic heterocycles. The summed E-state index contributed by atoms with van der Waals surface area (Å²) in [6.45, 7) is 6.14. The molecule has 0 unspecified atom stereocenters. The molecule has 0 amide bonds. The Morgan fingerprint density at radius 1 is 1.17 bits per heavy atom. The van der Waals surface area contributed by atoms with E-state index >= 15 is 0 Å². The van der Waals surface area contributed by atoms with Gasteiger partial charge in [0.2, 0.25) is 0 Å². The average Bonchev–Trinajstić information content (AvgIpc) is 2.31. The Morgan fingerprint density at radius 3 is 2.50 bits per heavy atom. The molecule has 94 valence electrons. The Kier molecular flexibility index (Phi) is 4.03. The van der Waals surface area contributed by atoms with E-state index in [9.17, 15) is 0 Å². The summed E-state index contributed by atoms with van der Waals surface area (Å²) < 4.78 is 0.799. The van der Waals surface area contributed by atoms with Crippen molar-refractivity contribution in [2.45, 2.75) is 26.7 Å².